The van der Waals surface area contributed by atoms with Gasteiger partial charge in [-0.25, -0.2) is 9.48 Å². The van der Waals surface area contributed by atoms with Gasteiger partial charge in [0.25, 0.3) is 0 Å². The molecule has 8 heteroatoms. The number of carboxylic acid groups (broad SMARTS) is 1. The van der Waals surface area contributed by atoms with Crippen LogP contribution < -0.4 is 4.74 Å². The second-order valence-corrected chi connectivity index (χ2v) is 7.29. The van der Waals surface area contributed by atoms with Gasteiger partial charge in [0, 0.05) is 19.6 Å². The normalized spacial score (nSPS) is 15.6. The molecule has 0 spiro atoms. The van der Waals surface area contributed by atoms with Gasteiger partial charge in [-0.1, -0.05) is 11.3 Å². The van der Waals surface area contributed by atoms with Crippen LogP contribution >= 0.6 is 0 Å². The number of aromatic carboxylic acids is 1. The van der Waals surface area contributed by atoms with Crippen molar-refractivity contribution in [3.63, 3.8) is 0 Å². The molecule has 152 valence electrons. The molecule has 8 nitrogen and oxygen atoms in total. The first-order valence-electron chi connectivity index (χ1n) is 9.80. The molecule has 2 heterocycles. The summed E-state index contributed by atoms with van der Waals surface area (Å²) < 4.78 is 7.40. The third kappa shape index (κ3) is 4.02. The van der Waals surface area contributed by atoms with Crippen molar-refractivity contribution < 1.29 is 19.7 Å². The standard InChI is InChI=1S/C21H24N4O4/c1-2-29-20-11-14(3-6-19(20)26)13-24-9-7-16(8-10-24)25-18-5-4-15(21(27)28)12-17(18)22-23-25/h3-6,11-12,16,26H,2,7-10,13H2,1H3,(H,27,28). The van der Waals surface area contributed by atoms with Crippen LogP contribution in [0.1, 0.15) is 41.7 Å². The average Bonchev–Trinajstić information content (AvgIpc) is 3.14. The third-order valence-electron chi connectivity index (χ3n) is 5.35. The van der Waals surface area contributed by atoms with E-state index in [1.165, 1.54) is 0 Å². The highest BCUT2D eigenvalue weighted by Crippen LogP contribution is 2.29. The Bertz CT molecular complexity index is 1020. The molecule has 1 aliphatic heterocycles. The van der Waals surface area contributed by atoms with Gasteiger partial charge in [0.2, 0.25) is 0 Å². The molecule has 0 bridgehead atoms. The Kier molecular flexibility index (Phi) is 5.35. The van der Waals surface area contributed by atoms with Crippen LogP contribution in [0.15, 0.2) is 36.4 Å². The molecule has 0 amide bonds. The molecular formula is C21H24N4O4. The van der Waals surface area contributed by atoms with Crippen molar-refractivity contribution in [2.75, 3.05) is 19.7 Å². The number of hydrogen-bond acceptors (Lipinski definition) is 6. The lowest BCUT2D eigenvalue weighted by Gasteiger charge is -2.32. The lowest BCUT2D eigenvalue weighted by atomic mass is 10.0. The molecule has 0 atom stereocenters. The highest BCUT2D eigenvalue weighted by atomic mass is 16.5. The predicted octanol–water partition coefficient (Wildman–Crippen LogP) is 3.07. The Hall–Kier alpha value is -3.13. The summed E-state index contributed by atoms with van der Waals surface area (Å²) in [6.45, 7) is 5.05. The topological polar surface area (TPSA) is 101 Å². The zero-order chi connectivity index (χ0) is 20.4. The second-order valence-electron chi connectivity index (χ2n) is 7.29. The molecule has 2 aromatic carbocycles. The highest BCUT2D eigenvalue weighted by Gasteiger charge is 2.23. The molecule has 4 rings (SSSR count). The van der Waals surface area contributed by atoms with Gasteiger partial charge in [0.05, 0.1) is 23.7 Å². The second kappa shape index (κ2) is 8.08. The third-order valence-corrected chi connectivity index (χ3v) is 5.35. The molecule has 1 saturated heterocycles. The first kappa shape index (κ1) is 19.2. The first-order valence-corrected chi connectivity index (χ1v) is 9.80. The van der Waals surface area contributed by atoms with Gasteiger partial charge in [-0.2, -0.15) is 0 Å². The van der Waals surface area contributed by atoms with Gasteiger partial charge in [0.15, 0.2) is 11.5 Å². The van der Waals surface area contributed by atoms with Crippen molar-refractivity contribution in [1.82, 2.24) is 19.9 Å². The van der Waals surface area contributed by atoms with Crippen molar-refractivity contribution in [1.29, 1.82) is 0 Å². The molecule has 0 radical (unpaired) electrons. The van der Waals surface area contributed by atoms with E-state index in [0.717, 1.165) is 43.6 Å². The molecule has 0 unspecified atom stereocenters. The van der Waals surface area contributed by atoms with Crippen molar-refractivity contribution in [3.8, 4) is 11.5 Å². The molecule has 29 heavy (non-hydrogen) atoms. The predicted molar refractivity (Wildman–Crippen MR) is 107 cm³/mol. The number of hydrogen-bond donors (Lipinski definition) is 2. The Labute approximate surface area is 168 Å². The number of piperidine rings is 1. The summed E-state index contributed by atoms with van der Waals surface area (Å²) in [5.41, 5.74) is 2.81. The molecular weight excluding hydrogens is 372 g/mol. The van der Waals surface area contributed by atoms with Crippen molar-refractivity contribution >= 4 is 17.0 Å². The molecule has 3 aromatic rings. The van der Waals surface area contributed by atoms with Crippen LogP contribution in [0.5, 0.6) is 11.5 Å². The molecule has 1 aromatic heterocycles. The van der Waals surface area contributed by atoms with Crippen molar-refractivity contribution in [3.05, 3.63) is 47.5 Å². The Morgan fingerprint density at radius 1 is 1.21 bits per heavy atom. The number of fused-ring (bicyclic) bond motifs is 1. The molecule has 1 fully saturated rings. The zero-order valence-corrected chi connectivity index (χ0v) is 16.3. The van der Waals surface area contributed by atoms with Crippen molar-refractivity contribution in [2.45, 2.75) is 32.4 Å². The average molecular weight is 396 g/mol. The van der Waals surface area contributed by atoms with E-state index in [2.05, 4.69) is 15.2 Å². The fourth-order valence-corrected chi connectivity index (χ4v) is 3.85. The largest absolute Gasteiger partial charge is 0.504 e. The van der Waals surface area contributed by atoms with Gasteiger partial charge in [-0.3, -0.25) is 4.90 Å². The monoisotopic (exact) mass is 396 g/mol. The van der Waals surface area contributed by atoms with Crippen molar-refractivity contribution in [2.24, 2.45) is 0 Å². The van der Waals surface area contributed by atoms with E-state index in [1.54, 1.807) is 24.3 Å². The molecule has 0 saturated carbocycles. The van der Waals surface area contributed by atoms with Gasteiger partial charge in [-0.15, -0.1) is 5.10 Å². The first-order chi connectivity index (χ1) is 14.0. The van der Waals surface area contributed by atoms with Crippen LogP contribution in [0.25, 0.3) is 11.0 Å². The maximum Gasteiger partial charge on any atom is 0.335 e. The maximum atomic E-state index is 11.1. The molecule has 0 aliphatic carbocycles. The number of aromatic nitrogens is 3. The fourth-order valence-electron chi connectivity index (χ4n) is 3.85. The quantitative estimate of drug-likeness (QED) is 0.660. The summed E-state index contributed by atoms with van der Waals surface area (Å²) in [5.74, 6) is -0.274. The maximum absolute atomic E-state index is 11.1. The number of rotatable bonds is 6. The summed E-state index contributed by atoms with van der Waals surface area (Å²) in [6, 6.07) is 10.7. The van der Waals surface area contributed by atoms with E-state index in [0.29, 0.717) is 17.9 Å². The number of carboxylic acids is 1. The van der Waals surface area contributed by atoms with Crippen LogP contribution in [-0.2, 0) is 6.54 Å². The lowest BCUT2D eigenvalue weighted by Crippen LogP contribution is -2.34. The number of phenolic OH excluding ortho intramolecular Hbond substituents is 1. The van der Waals surface area contributed by atoms with E-state index in [9.17, 15) is 9.90 Å². The molecule has 1 aliphatic rings. The van der Waals surface area contributed by atoms with Crippen LogP contribution in [0.3, 0.4) is 0 Å². The summed E-state index contributed by atoms with van der Waals surface area (Å²) >= 11 is 0. The summed E-state index contributed by atoms with van der Waals surface area (Å²) in [7, 11) is 0. The smallest absolute Gasteiger partial charge is 0.335 e. The van der Waals surface area contributed by atoms with Gasteiger partial charge in [0.1, 0.15) is 5.52 Å². The van der Waals surface area contributed by atoms with Crippen LogP contribution in [-0.4, -0.2) is 55.8 Å². The number of carbonyl (C=O) groups is 1. The number of phenols is 1. The number of nitrogens with zero attached hydrogens (tertiary/aromatic N) is 4. The number of ether oxygens (including phenoxy) is 1. The van der Waals surface area contributed by atoms with Gasteiger partial charge >= 0.3 is 5.97 Å². The zero-order valence-electron chi connectivity index (χ0n) is 16.3. The van der Waals surface area contributed by atoms with E-state index >= 15 is 0 Å². The summed E-state index contributed by atoms with van der Waals surface area (Å²) in [6.07, 6.45) is 1.88. The van der Waals surface area contributed by atoms with E-state index in [4.69, 9.17) is 9.84 Å². The minimum atomic E-state index is -0.962. The number of likely N-dealkylation sites (tertiary alicyclic amines) is 1. The van der Waals surface area contributed by atoms with Gasteiger partial charge < -0.3 is 14.9 Å². The van der Waals surface area contributed by atoms with Crippen LogP contribution in [0, 0.1) is 0 Å². The fraction of sp³-hybridized carbons (Fsp3) is 0.381. The Balaban J connectivity index is 1.41. The Morgan fingerprint density at radius 3 is 2.72 bits per heavy atom. The summed E-state index contributed by atoms with van der Waals surface area (Å²) in [5, 5.41) is 27.4. The van der Waals surface area contributed by atoms with E-state index in [1.807, 2.05) is 23.7 Å². The highest BCUT2D eigenvalue weighted by molar-refractivity contribution is 5.92. The van der Waals surface area contributed by atoms with Crippen LogP contribution in [0.2, 0.25) is 0 Å². The summed E-state index contributed by atoms with van der Waals surface area (Å²) in [4.78, 5) is 13.5. The number of benzene rings is 2. The Morgan fingerprint density at radius 2 is 2.00 bits per heavy atom. The minimum Gasteiger partial charge on any atom is -0.504 e. The molecule has 2 N–H and O–H groups in total. The van der Waals surface area contributed by atoms with E-state index in [-0.39, 0.29) is 17.4 Å². The van der Waals surface area contributed by atoms with Crippen LogP contribution in [0.4, 0.5) is 0 Å². The lowest BCUT2D eigenvalue weighted by molar-refractivity contribution is 0.0697. The number of aromatic hydroxyl groups is 1. The van der Waals surface area contributed by atoms with Gasteiger partial charge in [-0.05, 0) is 55.7 Å². The van der Waals surface area contributed by atoms with E-state index < -0.39 is 5.97 Å². The SMILES string of the molecule is CCOc1cc(CN2CCC(n3nnc4cc(C(=O)O)ccc43)CC2)ccc1O. The minimum absolute atomic E-state index is 0.165.